The number of fused-ring (bicyclic) bond motifs is 1. The van der Waals surface area contributed by atoms with Gasteiger partial charge in [-0.1, -0.05) is 18.9 Å². The summed E-state index contributed by atoms with van der Waals surface area (Å²) in [5.41, 5.74) is 0.508. The number of hydrogen-bond donors (Lipinski definition) is 1. The van der Waals surface area contributed by atoms with Crippen LogP contribution in [0, 0.1) is 5.82 Å². The fourth-order valence-electron chi connectivity index (χ4n) is 3.32. The largest absolute Gasteiger partial charge is 0.375 e. The summed E-state index contributed by atoms with van der Waals surface area (Å²) in [6.07, 6.45) is 4.87. The molecule has 4 nitrogen and oxygen atoms in total. The number of morpholine rings is 1. The van der Waals surface area contributed by atoms with E-state index in [0.29, 0.717) is 24.9 Å². The second-order valence-electron chi connectivity index (χ2n) is 5.79. The highest BCUT2D eigenvalue weighted by Crippen LogP contribution is 2.28. The summed E-state index contributed by atoms with van der Waals surface area (Å²) in [4.78, 5) is 14.4. The fraction of sp³-hybridized carbons (Fsp3) is 0.562. The summed E-state index contributed by atoms with van der Waals surface area (Å²) in [6.45, 7) is 1.83. The van der Waals surface area contributed by atoms with Gasteiger partial charge in [0.05, 0.1) is 19.3 Å². The molecule has 1 N–H and O–H groups in total. The Bertz CT molecular complexity index is 507. The van der Waals surface area contributed by atoms with Crippen molar-refractivity contribution < 1.29 is 13.9 Å². The van der Waals surface area contributed by atoms with Crippen molar-refractivity contribution in [2.75, 3.05) is 25.0 Å². The van der Waals surface area contributed by atoms with Crippen LogP contribution in [0.1, 0.15) is 25.7 Å². The molecule has 1 amide bonds. The van der Waals surface area contributed by atoms with Crippen LogP contribution >= 0.6 is 0 Å². The summed E-state index contributed by atoms with van der Waals surface area (Å²) < 4.78 is 18.9. The first-order chi connectivity index (χ1) is 10.2. The molecule has 1 aromatic rings. The smallest absolute Gasteiger partial charge is 0.238 e. The molecule has 0 aromatic heterocycles. The van der Waals surface area contributed by atoms with Gasteiger partial charge in [-0.2, -0.15) is 0 Å². The Balaban J connectivity index is 1.58. The number of carbonyl (C=O) groups is 1. The van der Waals surface area contributed by atoms with Crippen molar-refractivity contribution in [2.24, 2.45) is 0 Å². The molecule has 3 rings (SSSR count). The first-order valence-electron chi connectivity index (χ1n) is 7.63. The van der Waals surface area contributed by atoms with Crippen molar-refractivity contribution in [2.45, 2.75) is 37.8 Å². The van der Waals surface area contributed by atoms with Crippen LogP contribution in [0.15, 0.2) is 24.3 Å². The molecule has 1 aromatic carbocycles. The third kappa shape index (κ3) is 3.60. The molecule has 1 saturated carbocycles. The molecule has 0 spiro atoms. The lowest BCUT2D eigenvalue weighted by molar-refractivity contribution is -0.124. The Morgan fingerprint density at radius 3 is 3.10 bits per heavy atom. The molecule has 2 atom stereocenters. The number of nitrogens with one attached hydrogen (secondary N) is 1. The molecule has 1 aliphatic heterocycles. The second kappa shape index (κ2) is 6.54. The van der Waals surface area contributed by atoms with E-state index in [4.69, 9.17) is 4.74 Å². The van der Waals surface area contributed by atoms with Crippen LogP contribution in [-0.4, -0.2) is 42.6 Å². The van der Waals surface area contributed by atoms with Crippen LogP contribution in [-0.2, 0) is 9.53 Å². The minimum absolute atomic E-state index is 0.0909. The Kier molecular flexibility index (Phi) is 4.51. The number of ether oxygens (including phenoxy) is 1. The van der Waals surface area contributed by atoms with Crippen molar-refractivity contribution in [1.82, 2.24) is 4.90 Å². The van der Waals surface area contributed by atoms with Gasteiger partial charge in [-0.25, -0.2) is 4.39 Å². The first-order valence-corrected chi connectivity index (χ1v) is 7.63. The third-order valence-electron chi connectivity index (χ3n) is 4.30. The first kappa shape index (κ1) is 14.5. The molecule has 1 aliphatic carbocycles. The summed E-state index contributed by atoms with van der Waals surface area (Å²) in [6, 6.07) is 6.34. The maximum absolute atomic E-state index is 13.1. The third-order valence-corrected chi connectivity index (χ3v) is 4.30. The highest BCUT2D eigenvalue weighted by atomic mass is 19.1. The predicted octanol–water partition coefficient (Wildman–Crippen LogP) is 2.41. The Morgan fingerprint density at radius 1 is 1.38 bits per heavy atom. The lowest BCUT2D eigenvalue weighted by atomic mass is 9.90. The van der Waals surface area contributed by atoms with Crippen LogP contribution in [0.3, 0.4) is 0 Å². The van der Waals surface area contributed by atoms with Crippen LogP contribution in [0.5, 0.6) is 0 Å². The van der Waals surface area contributed by atoms with E-state index in [0.717, 1.165) is 19.4 Å². The van der Waals surface area contributed by atoms with Gasteiger partial charge >= 0.3 is 0 Å². The van der Waals surface area contributed by atoms with Crippen LogP contribution in [0.25, 0.3) is 0 Å². The van der Waals surface area contributed by atoms with Gasteiger partial charge in [-0.05, 0) is 31.0 Å². The second-order valence-corrected chi connectivity index (χ2v) is 5.79. The van der Waals surface area contributed by atoms with Gasteiger partial charge in [0.2, 0.25) is 5.91 Å². The molecule has 1 saturated heterocycles. The molecule has 0 bridgehead atoms. The number of hydrogen-bond acceptors (Lipinski definition) is 3. The number of amides is 1. The van der Waals surface area contributed by atoms with Crippen LogP contribution in [0.2, 0.25) is 0 Å². The quantitative estimate of drug-likeness (QED) is 0.930. The molecule has 2 aliphatic rings. The molecule has 0 radical (unpaired) electrons. The highest BCUT2D eigenvalue weighted by molar-refractivity contribution is 5.92. The minimum Gasteiger partial charge on any atom is -0.375 e. The minimum atomic E-state index is -0.341. The number of halogens is 1. The van der Waals surface area contributed by atoms with E-state index < -0.39 is 0 Å². The summed E-state index contributed by atoms with van der Waals surface area (Å²) >= 11 is 0. The van der Waals surface area contributed by atoms with Crippen molar-refractivity contribution in [3.05, 3.63) is 30.1 Å². The molecular formula is C16H21FN2O2. The summed E-state index contributed by atoms with van der Waals surface area (Å²) in [5.74, 6) is -0.432. The molecule has 21 heavy (non-hydrogen) atoms. The average Bonchev–Trinajstić information content (AvgIpc) is 2.47. The predicted molar refractivity (Wildman–Crippen MR) is 78.6 cm³/mol. The molecule has 5 heteroatoms. The van der Waals surface area contributed by atoms with E-state index in [9.17, 15) is 9.18 Å². The number of nitrogens with zero attached hydrogens (tertiary/aromatic N) is 1. The zero-order chi connectivity index (χ0) is 14.7. The molecule has 2 fully saturated rings. The van der Waals surface area contributed by atoms with Crippen molar-refractivity contribution >= 4 is 11.6 Å². The van der Waals surface area contributed by atoms with E-state index in [1.807, 2.05) is 0 Å². The van der Waals surface area contributed by atoms with Crippen LogP contribution < -0.4 is 5.32 Å². The lowest BCUT2D eigenvalue weighted by Gasteiger charge is -2.43. The highest BCUT2D eigenvalue weighted by Gasteiger charge is 2.34. The SMILES string of the molecule is O=C(CN1CCOC2CCCCC21)Nc1cccc(F)c1. The van der Waals surface area contributed by atoms with Gasteiger partial charge in [-0.3, -0.25) is 9.69 Å². The topological polar surface area (TPSA) is 41.6 Å². The molecule has 2 unspecified atom stereocenters. The van der Waals surface area contributed by atoms with E-state index >= 15 is 0 Å². The number of carbonyl (C=O) groups excluding carboxylic acids is 1. The number of anilines is 1. The van der Waals surface area contributed by atoms with Crippen molar-refractivity contribution in [1.29, 1.82) is 0 Å². The summed E-state index contributed by atoms with van der Waals surface area (Å²) in [7, 11) is 0. The fourth-order valence-corrected chi connectivity index (χ4v) is 3.32. The zero-order valence-corrected chi connectivity index (χ0v) is 12.1. The van der Waals surface area contributed by atoms with Crippen molar-refractivity contribution in [3.63, 3.8) is 0 Å². The maximum Gasteiger partial charge on any atom is 0.238 e. The van der Waals surface area contributed by atoms with Gasteiger partial charge in [0.15, 0.2) is 0 Å². The molecule has 114 valence electrons. The monoisotopic (exact) mass is 292 g/mol. The number of rotatable bonds is 3. The van der Waals surface area contributed by atoms with Gasteiger partial charge in [0.25, 0.3) is 0 Å². The zero-order valence-electron chi connectivity index (χ0n) is 12.1. The van der Waals surface area contributed by atoms with Crippen molar-refractivity contribution in [3.8, 4) is 0 Å². The van der Waals surface area contributed by atoms with Gasteiger partial charge in [0.1, 0.15) is 5.82 Å². The van der Waals surface area contributed by atoms with E-state index in [1.54, 1.807) is 12.1 Å². The van der Waals surface area contributed by atoms with Gasteiger partial charge in [0, 0.05) is 18.3 Å². The Hall–Kier alpha value is -1.46. The lowest BCUT2D eigenvalue weighted by Crippen LogP contribution is -2.54. The average molecular weight is 292 g/mol. The Morgan fingerprint density at radius 2 is 2.24 bits per heavy atom. The molecular weight excluding hydrogens is 271 g/mol. The molecule has 1 heterocycles. The maximum atomic E-state index is 13.1. The van der Waals surface area contributed by atoms with E-state index in [-0.39, 0.29) is 17.8 Å². The van der Waals surface area contributed by atoms with E-state index in [2.05, 4.69) is 10.2 Å². The number of benzene rings is 1. The van der Waals surface area contributed by atoms with Gasteiger partial charge in [-0.15, -0.1) is 0 Å². The van der Waals surface area contributed by atoms with E-state index in [1.165, 1.54) is 25.0 Å². The Labute approximate surface area is 124 Å². The van der Waals surface area contributed by atoms with Crippen LogP contribution in [0.4, 0.5) is 10.1 Å². The normalized spacial score (nSPS) is 26.1. The standard InChI is InChI=1S/C16H21FN2O2/c17-12-4-3-5-13(10-12)18-16(20)11-19-8-9-21-15-7-2-1-6-14(15)19/h3-5,10,14-15H,1-2,6-9,11H2,(H,18,20). The van der Waals surface area contributed by atoms with Gasteiger partial charge < -0.3 is 10.1 Å². The summed E-state index contributed by atoms with van der Waals surface area (Å²) in [5, 5.41) is 2.76.